The molecule has 0 saturated carbocycles. The molecular weight excluding hydrogens is 392 g/mol. The van der Waals surface area contributed by atoms with Crippen LogP contribution in [-0.2, 0) is 4.74 Å². The number of ether oxygens (including phenoxy) is 2. The van der Waals surface area contributed by atoms with E-state index in [1.54, 1.807) is 60.7 Å². The molecule has 0 fully saturated rings. The predicted molar refractivity (Wildman–Crippen MR) is 109 cm³/mol. The summed E-state index contributed by atoms with van der Waals surface area (Å²) in [6, 6.07) is 19.3. The van der Waals surface area contributed by atoms with Crippen LogP contribution in [0.1, 0.15) is 36.6 Å². The number of carbonyl (C=O) groups is 3. The lowest BCUT2D eigenvalue weighted by Crippen LogP contribution is -2.17. The molecule has 146 valence electrons. The lowest BCUT2D eigenvalue weighted by atomic mass is 9.98. The first-order valence-electron chi connectivity index (χ1n) is 8.74. The minimum Gasteiger partial charge on any atom is -0.496 e. The second kappa shape index (κ2) is 9.17. The Kier molecular flexibility index (Phi) is 6.42. The minimum absolute atomic E-state index is 0.0836. The van der Waals surface area contributed by atoms with Gasteiger partial charge in [0.1, 0.15) is 5.75 Å². The average Bonchev–Trinajstić information content (AvgIpc) is 2.77. The molecule has 29 heavy (non-hydrogen) atoms. The maximum Gasteiger partial charge on any atom is 0.339 e. The van der Waals surface area contributed by atoms with Crippen molar-refractivity contribution in [3.63, 3.8) is 0 Å². The SMILES string of the molecule is COc1ccccc1C(=O)COC(=O)c1ccccc1C(=O)c1ccc(Cl)cc1. The summed E-state index contributed by atoms with van der Waals surface area (Å²) in [5.74, 6) is -1.11. The van der Waals surface area contributed by atoms with E-state index in [4.69, 9.17) is 21.1 Å². The van der Waals surface area contributed by atoms with Crippen LogP contribution in [0.3, 0.4) is 0 Å². The van der Waals surface area contributed by atoms with Gasteiger partial charge in [0.05, 0.1) is 18.2 Å². The lowest BCUT2D eigenvalue weighted by molar-refractivity contribution is 0.0472. The zero-order valence-electron chi connectivity index (χ0n) is 15.6. The van der Waals surface area contributed by atoms with E-state index < -0.39 is 18.4 Å². The van der Waals surface area contributed by atoms with Gasteiger partial charge in [-0.1, -0.05) is 41.9 Å². The van der Waals surface area contributed by atoms with E-state index in [0.717, 1.165) is 0 Å². The fraction of sp³-hybridized carbons (Fsp3) is 0.0870. The Labute approximate surface area is 172 Å². The van der Waals surface area contributed by atoms with Gasteiger partial charge in [-0.05, 0) is 42.5 Å². The monoisotopic (exact) mass is 408 g/mol. The molecule has 0 aliphatic carbocycles. The molecule has 0 spiro atoms. The third-order valence-corrected chi connectivity index (χ3v) is 4.49. The van der Waals surface area contributed by atoms with Gasteiger partial charge in [-0.15, -0.1) is 0 Å². The van der Waals surface area contributed by atoms with E-state index in [1.165, 1.54) is 19.2 Å². The molecule has 0 N–H and O–H groups in total. The summed E-state index contributed by atoms with van der Waals surface area (Å²) in [6.07, 6.45) is 0. The first-order chi connectivity index (χ1) is 14.0. The first-order valence-corrected chi connectivity index (χ1v) is 9.11. The van der Waals surface area contributed by atoms with E-state index >= 15 is 0 Å². The molecule has 5 nitrogen and oxygen atoms in total. The maximum atomic E-state index is 12.8. The highest BCUT2D eigenvalue weighted by Gasteiger charge is 2.21. The summed E-state index contributed by atoms with van der Waals surface area (Å²) in [4.78, 5) is 37.8. The second-order valence-electron chi connectivity index (χ2n) is 6.08. The number of hydrogen-bond acceptors (Lipinski definition) is 5. The van der Waals surface area contributed by atoms with Crippen molar-refractivity contribution in [2.24, 2.45) is 0 Å². The van der Waals surface area contributed by atoms with Crippen LogP contribution in [0.15, 0.2) is 72.8 Å². The standard InChI is InChI=1S/C23H17ClO5/c1-28-21-9-5-4-8-19(21)20(25)14-29-23(27)18-7-3-2-6-17(18)22(26)15-10-12-16(24)13-11-15/h2-13H,14H2,1H3. The number of Topliss-reactive ketones (excluding diaryl/α,β-unsaturated/α-hetero) is 1. The van der Waals surface area contributed by atoms with Crippen LogP contribution in [0, 0.1) is 0 Å². The smallest absolute Gasteiger partial charge is 0.339 e. The summed E-state index contributed by atoms with van der Waals surface area (Å²) in [7, 11) is 1.46. The Bertz CT molecular complexity index is 1060. The molecule has 0 atom stereocenters. The summed E-state index contributed by atoms with van der Waals surface area (Å²) in [5.41, 5.74) is 0.970. The van der Waals surface area contributed by atoms with Crippen molar-refractivity contribution in [3.8, 4) is 5.75 Å². The number of benzene rings is 3. The number of carbonyl (C=O) groups excluding carboxylic acids is 3. The van der Waals surface area contributed by atoms with Gasteiger partial charge in [0.25, 0.3) is 0 Å². The van der Waals surface area contributed by atoms with Gasteiger partial charge < -0.3 is 9.47 Å². The number of para-hydroxylation sites is 1. The summed E-state index contributed by atoms with van der Waals surface area (Å²) in [5, 5.41) is 0.504. The number of rotatable bonds is 7. The van der Waals surface area contributed by atoms with Crippen molar-refractivity contribution >= 4 is 29.1 Å². The zero-order chi connectivity index (χ0) is 20.8. The van der Waals surface area contributed by atoms with Crippen LogP contribution < -0.4 is 4.74 Å². The van der Waals surface area contributed by atoms with Gasteiger partial charge in [0.2, 0.25) is 5.78 Å². The molecule has 3 aromatic carbocycles. The van der Waals surface area contributed by atoms with E-state index in [0.29, 0.717) is 21.9 Å². The minimum atomic E-state index is -0.758. The summed E-state index contributed by atoms with van der Waals surface area (Å²) >= 11 is 5.86. The van der Waals surface area contributed by atoms with E-state index in [-0.39, 0.29) is 16.9 Å². The van der Waals surface area contributed by atoms with Crippen LogP contribution >= 0.6 is 11.6 Å². The first kappa shape index (κ1) is 20.3. The normalized spacial score (nSPS) is 10.3. The second-order valence-corrected chi connectivity index (χ2v) is 6.52. The third-order valence-electron chi connectivity index (χ3n) is 4.24. The van der Waals surface area contributed by atoms with E-state index in [9.17, 15) is 14.4 Å². The molecule has 0 radical (unpaired) electrons. The maximum absolute atomic E-state index is 12.8. The molecule has 3 aromatic rings. The molecule has 6 heteroatoms. The third kappa shape index (κ3) is 4.70. The topological polar surface area (TPSA) is 69.7 Å². The highest BCUT2D eigenvalue weighted by atomic mass is 35.5. The quantitative estimate of drug-likeness (QED) is 0.421. The van der Waals surface area contributed by atoms with Crippen molar-refractivity contribution in [2.45, 2.75) is 0 Å². The van der Waals surface area contributed by atoms with Crippen LogP contribution in [0.25, 0.3) is 0 Å². The number of hydrogen-bond donors (Lipinski definition) is 0. The highest BCUT2D eigenvalue weighted by Crippen LogP contribution is 2.20. The molecule has 0 bridgehead atoms. The molecule has 0 amide bonds. The number of esters is 1. The lowest BCUT2D eigenvalue weighted by Gasteiger charge is -2.10. The van der Waals surface area contributed by atoms with E-state index in [2.05, 4.69) is 0 Å². The number of ketones is 2. The van der Waals surface area contributed by atoms with Gasteiger partial charge in [-0.25, -0.2) is 4.79 Å². The molecule has 0 heterocycles. The molecule has 0 unspecified atom stereocenters. The van der Waals surface area contributed by atoms with Crippen LogP contribution in [0.5, 0.6) is 5.75 Å². The molecule has 0 aliphatic rings. The van der Waals surface area contributed by atoms with Gasteiger partial charge in [0.15, 0.2) is 12.4 Å². The highest BCUT2D eigenvalue weighted by molar-refractivity contribution is 6.30. The van der Waals surface area contributed by atoms with Gasteiger partial charge in [0, 0.05) is 16.1 Å². The van der Waals surface area contributed by atoms with Crippen molar-refractivity contribution in [1.82, 2.24) is 0 Å². The van der Waals surface area contributed by atoms with Crippen LogP contribution in [-0.4, -0.2) is 31.3 Å². The Hall–Kier alpha value is -3.44. The van der Waals surface area contributed by atoms with Gasteiger partial charge >= 0.3 is 5.97 Å². The molecule has 3 rings (SSSR count). The Balaban J connectivity index is 1.77. The van der Waals surface area contributed by atoms with Crippen molar-refractivity contribution < 1.29 is 23.9 Å². The van der Waals surface area contributed by atoms with Crippen molar-refractivity contribution in [3.05, 3.63) is 100 Å². The fourth-order valence-corrected chi connectivity index (χ4v) is 2.90. The molecular formula is C23H17ClO5. The summed E-state index contributed by atoms with van der Waals surface area (Å²) < 4.78 is 10.3. The Morgan fingerprint density at radius 3 is 2.03 bits per heavy atom. The average molecular weight is 409 g/mol. The van der Waals surface area contributed by atoms with Gasteiger partial charge in [-0.2, -0.15) is 0 Å². The van der Waals surface area contributed by atoms with Crippen molar-refractivity contribution in [2.75, 3.05) is 13.7 Å². The number of methoxy groups -OCH3 is 1. The van der Waals surface area contributed by atoms with Crippen LogP contribution in [0.4, 0.5) is 0 Å². The Morgan fingerprint density at radius 1 is 0.793 bits per heavy atom. The van der Waals surface area contributed by atoms with Gasteiger partial charge in [-0.3, -0.25) is 9.59 Å². The zero-order valence-corrected chi connectivity index (χ0v) is 16.3. The molecule has 0 saturated heterocycles. The molecule has 0 aliphatic heterocycles. The number of halogens is 1. The summed E-state index contributed by atoms with van der Waals surface area (Å²) in [6.45, 7) is -0.470. The van der Waals surface area contributed by atoms with Crippen molar-refractivity contribution in [1.29, 1.82) is 0 Å². The van der Waals surface area contributed by atoms with E-state index in [1.807, 2.05) is 0 Å². The van der Waals surface area contributed by atoms with Crippen LogP contribution in [0.2, 0.25) is 5.02 Å². The Morgan fingerprint density at radius 2 is 1.38 bits per heavy atom. The molecule has 0 aromatic heterocycles. The predicted octanol–water partition coefficient (Wildman–Crippen LogP) is 4.62. The largest absolute Gasteiger partial charge is 0.496 e. The fourth-order valence-electron chi connectivity index (χ4n) is 2.78.